The summed E-state index contributed by atoms with van der Waals surface area (Å²) in [6.45, 7) is 8.40. The van der Waals surface area contributed by atoms with Gasteiger partial charge in [0.25, 0.3) is 5.91 Å². The number of aromatic nitrogens is 1. The van der Waals surface area contributed by atoms with E-state index in [9.17, 15) is 9.59 Å². The fraction of sp³-hybridized carbons (Fsp3) is 0.500. The minimum Gasteiger partial charge on any atom is -0.477 e. The number of nitrogens with zero attached hydrogens (tertiary/aromatic N) is 1. The van der Waals surface area contributed by atoms with Crippen LogP contribution >= 0.6 is 0 Å². The van der Waals surface area contributed by atoms with Gasteiger partial charge in [0, 0.05) is 18.8 Å². The van der Waals surface area contributed by atoms with Gasteiger partial charge in [-0.2, -0.15) is 0 Å². The van der Waals surface area contributed by atoms with Gasteiger partial charge in [0.15, 0.2) is 0 Å². The molecular formula is C12H18N2O3. The van der Waals surface area contributed by atoms with Gasteiger partial charge in [-0.25, -0.2) is 4.79 Å². The third-order valence-corrected chi connectivity index (χ3v) is 2.92. The minimum absolute atomic E-state index is 0.0954. The summed E-state index contributed by atoms with van der Waals surface area (Å²) in [5.74, 6) is -1.15. The predicted molar refractivity (Wildman–Crippen MR) is 64.5 cm³/mol. The monoisotopic (exact) mass is 238 g/mol. The number of aryl methyl sites for hydroxylation is 1. The average Bonchev–Trinajstić information content (AvgIpc) is 2.56. The maximum absolute atomic E-state index is 12.2. The molecule has 0 unspecified atom stereocenters. The maximum atomic E-state index is 12.2. The number of aromatic carboxylic acids is 1. The van der Waals surface area contributed by atoms with E-state index in [2.05, 4.69) is 4.98 Å². The summed E-state index contributed by atoms with van der Waals surface area (Å²) in [4.78, 5) is 27.6. The molecule has 0 atom stereocenters. The van der Waals surface area contributed by atoms with Gasteiger partial charge in [-0.3, -0.25) is 4.79 Å². The molecule has 0 saturated carbocycles. The first kappa shape index (κ1) is 13.3. The molecule has 5 nitrogen and oxygen atoms in total. The van der Waals surface area contributed by atoms with Crippen molar-refractivity contribution in [3.05, 3.63) is 22.5 Å². The van der Waals surface area contributed by atoms with Crippen LogP contribution in [0.15, 0.2) is 0 Å². The first-order valence-electron chi connectivity index (χ1n) is 5.65. The van der Waals surface area contributed by atoms with Crippen LogP contribution in [0.5, 0.6) is 0 Å². The number of H-pyrrole nitrogens is 1. The average molecular weight is 238 g/mol. The second-order valence-corrected chi connectivity index (χ2v) is 3.91. The number of carbonyl (C=O) groups excluding carboxylic acids is 1. The van der Waals surface area contributed by atoms with Crippen molar-refractivity contribution in [2.24, 2.45) is 0 Å². The summed E-state index contributed by atoms with van der Waals surface area (Å²) in [7, 11) is 0. The SMILES string of the molecule is CCN(CC)C(=O)c1c(C)[nH]c(C(=O)O)c1C. The molecule has 1 aromatic rings. The van der Waals surface area contributed by atoms with Crippen molar-refractivity contribution in [2.45, 2.75) is 27.7 Å². The standard InChI is InChI=1S/C12H18N2O3/c1-5-14(6-2)11(15)9-7(3)10(12(16)17)13-8(9)4/h13H,5-6H2,1-4H3,(H,16,17). The Bertz CT molecular complexity index is 445. The van der Waals surface area contributed by atoms with Crippen LogP contribution in [0.1, 0.15) is 46.0 Å². The lowest BCUT2D eigenvalue weighted by Gasteiger charge is -2.19. The van der Waals surface area contributed by atoms with Crippen molar-refractivity contribution in [2.75, 3.05) is 13.1 Å². The van der Waals surface area contributed by atoms with E-state index in [1.54, 1.807) is 18.7 Å². The number of hydrogen-bond donors (Lipinski definition) is 2. The van der Waals surface area contributed by atoms with E-state index < -0.39 is 5.97 Å². The zero-order valence-electron chi connectivity index (χ0n) is 10.6. The molecule has 0 aliphatic carbocycles. The third kappa shape index (κ3) is 2.33. The summed E-state index contributed by atoms with van der Waals surface area (Å²) in [5, 5.41) is 8.98. The number of carboxylic acids is 1. The Kier molecular flexibility index (Phi) is 3.93. The fourth-order valence-corrected chi connectivity index (χ4v) is 1.95. The Morgan fingerprint density at radius 3 is 2.12 bits per heavy atom. The molecule has 0 aliphatic heterocycles. The van der Waals surface area contributed by atoms with E-state index in [0.717, 1.165) is 0 Å². The van der Waals surface area contributed by atoms with Crippen LogP contribution in [-0.2, 0) is 0 Å². The molecular weight excluding hydrogens is 220 g/mol. The van der Waals surface area contributed by atoms with Gasteiger partial charge in [-0.15, -0.1) is 0 Å². The summed E-state index contributed by atoms with van der Waals surface area (Å²) < 4.78 is 0. The summed E-state index contributed by atoms with van der Waals surface area (Å²) in [6.07, 6.45) is 0. The van der Waals surface area contributed by atoms with Gasteiger partial charge < -0.3 is 15.0 Å². The number of amides is 1. The number of aromatic amines is 1. The topological polar surface area (TPSA) is 73.4 Å². The van der Waals surface area contributed by atoms with Crippen molar-refractivity contribution in [3.8, 4) is 0 Å². The van der Waals surface area contributed by atoms with Crippen molar-refractivity contribution in [1.82, 2.24) is 9.88 Å². The Labute approximate surface area is 100 Å². The van der Waals surface area contributed by atoms with Crippen molar-refractivity contribution in [1.29, 1.82) is 0 Å². The molecule has 0 aromatic carbocycles. The van der Waals surface area contributed by atoms with Crippen LogP contribution in [-0.4, -0.2) is 40.0 Å². The molecule has 5 heteroatoms. The molecule has 2 N–H and O–H groups in total. The Morgan fingerprint density at radius 2 is 1.76 bits per heavy atom. The maximum Gasteiger partial charge on any atom is 0.352 e. The molecule has 0 bridgehead atoms. The van der Waals surface area contributed by atoms with Crippen molar-refractivity contribution >= 4 is 11.9 Å². The van der Waals surface area contributed by atoms with E-state index in [1.165, 1.54) is 0 Å². The van der Waals surface area contributed by atoms with Crippen LogP contribution in [0.25, 0.3) is 0 Å². The molecule has 1 rings (SSSR count). The predicted octanol–water partition coefficient (Wildman–Crippen LogP) is 1.81. The number of hydrogen-bond acceptors (Lipinski definition) is 2. The molecule has 0 aliphatic rings. The Morgan fingerprint density at radius 1 is 1.24 bits per heavy atom. The van der Waals surface area contributed by atoms with Gasteiger partial charge in [0.05, 0.1) is 5.56 Å². The van der Waals surface area contributed by atoms with Crippen LogP contribution in [0.2, 0.25) is 0 Å². The molecule has 1 heterocycles. The zero-order valence-corrected chi connectivity index (χ0v) is 10.6. The highest BCUT2D eigenvalue weighted by Crippen LogP contribution is 2.19. The van der Waals surface area contributed by atoms with Gasteiger partial charge in [-0.1, -0.05) is 0 Å². The number of carbonyl (C=O) groups is 2. The quantitative estimate of drug-likeness (QED) is 0.840. The molecule has 0 spiro atoms. The first-order chi connectivity index (χ1) is 7.93. The lowest BCUT2D eigenvalue weighted by Crippen LogP contribution is -2.31. The highest BCUT2D eigenvalue weighted by atomic mass is 16.4. The normalized spacial score (nSPS) is 10.4. The van der Waals surface area contributed by atoms with Crippen molar-refractivity contribution < 1.29 is 14.7 Å². The van der Waals surface area contributed by atoms with Gasteiger partial charge in [0.2, 0.25) is 0 Å². The van der Waals surface area contributed by atoms with E-state index in [1.807, 2.05) is 13.8 Å². The van der Waals surface area contributed by atoms with Gasteiger partial charge in [0.1, 0.15) is 5.69 Å². The second kappa shape index (κ2) is 5.03. The lowest BCUT2D eigenvalue weighted by atomic mass is 10.1. The lowest BCUT2D eigenvalue weighted by molar-refractivity contribution is 0.0690. The smallest absolute Gasteiger partial charge is 0.352 e. The number of nitrogens with one attached hydrogen (secondary N) is 1. The van der Waals surface area contributed by atoms with Gasteiger partial charge in [-0.05, 0) is 33.3 Å². The van der Waals surface area contributed by atoms with Crippen LogP contribution in [0, 0.1) is 13.8 Å². The van der Waals surface area contributed by atoms with Crippen molar-refractivity contribution in [3.63, 3.8) is 0 Å². The highest BCUT2D eigenvalue weighted by molar-refractivity contribution is 6.00. The molecule has 1 aromatic heterocycles. The Hall–Kier alpha value is -1.78. The van der Waals surface area contributed by atoms with E-state index in [0.29, 0.717) is 29.9 Å². The van der Waals surface area contributed by atoms with E-state index >= 15 is 0 Å². The number of rotatable bonds is 4. The van der Waals surface area contributed by atoms with E-state index in [-0.39, 0.29) is 11.6 Å². The summed E-state index contributed by atoms with van der Waals surface area (Å²) in [6, 6.07) is 0. The zero-order chi connectivity index (χ0) is 13.2. The third-order valence-electron chi connectivity index (χ3n) is 2.92. The second-order valence-electron chi connectivity index (χ2n) is 3.91. The highest BCUT2D eigenvalue weighted by Gasteiger charge is 2.23. The fourth-order valence-electron chi connectivity index (χ4n) is 1.95. The largest absolute Gasteiger partial charge is 0.477 e. The van der Waals surface area contributed by atoms with Crippen LogP contribution < -0.4 is 0 Å². The molecule has 1 amide bonds. The van der Waals surface area contributed by atoms with Crippen LogP contribution in [0.4, 0.5) is 0 Å². The summed E-state index contributed by atoms with van der Waals surface area (Å²) >= 11 is 0. The van der Waals surface area contributed by atoms with Gasteiger partial charge >= 0.3 is 5.97 Å². The number of carboxylic acid groups (broad SMARTS) is 1. The molecule has 0 fully saturated rings. The summed E-state index contributed by atoms with van der Waals surface area (Å²) in [5.41, 5.74) is 1.69. The molecule has 94 valence electrons. The van der Waals surface area contributed by atoms with E-state index in [4.69, 9.17) is 5.11 Å². The first-order valence-corrected chi connectivity index (χ1v) is 5.65. The molecule has 0 radical (unpaired) electrons. The van der Waals surface area contributed by atoms with Crippen LogP contribution in [0.3, 0.4) is 0 Å². The molecule has 0 saturated heterocycles. The Balaban J connectivity index is 3.23. The molecule has 17 heavy (non-hydrogen) atoms. The minimum atomic E-state index is -1.04.